The van der Waals surface area contributed by atoms with Gasteiger partial charge in [0.2, 0.25) is 0 Å². The standard InChI is InChI=1S/C50H56O16/c1-31(51)56-30-40-41(61-32(2)52)46(62-33(3)53)49(64-35(5)55)50(65-40)66-48-45(60-29-39-24-16-9-17-25-39)43(58-27-37-20-12-7-13-21-37)42(57-26-36-18-10-6-11-19-36)44(47(48)63-34(4)54)59-28-38-22-14-8-15-23-38/h6-25,40-50H,26-30H2,1-5H3/t40-,41-,42-,43+,44+,45-,46+,47+,48+,49+,50-/m1/s1. The third-order valence-corrected chi connectivity index (χ3v) is 10.6. The van der Waals surface area contributed by atoms with Crippen LogP contribution in [0.15, 0.2) is 121 Å². The molecular formula is C50H56O16. The molecule has 11 atom stereocenters. The Bertz CT molecular complexity index is 2160. The minimum absolute atomic E-state index is 0.00285. The predicted molar refractivity (Wildman–Crippen MR) is 232 cm³/mol. The molecule has 16 heteroatoms. The zero-order valence-corrected chi connectivity index (χ0v) is 37.5. The van der Waals surface area contributed by atoms with Crippen molar-refractivity contribution in [2.75, 3.05) is 6.61 Å². The summed E-state index contributed by atoms with van der Waals surface area (Å²) in [6.45, 7) is 5.45. The van der Waals surface area contributed by atoms with Gasteiger partial charge >= 0.3 is 29.8 Å². The fourth-order valence-corrected chi connectivity index (χ4v) is 7.88. The lowest BCUT2D eigenvalue weighted by Crippen LogP contribution is -2.70. The average molecular weight is 913 g/mol. The van der Waals surface area contributed by atoms with Crippen LogP contribution in [0.2, 0.25) is 0 Å². The lowest BCUT2D eigenvalue weighted by molar-refractivity contribution is -0.351. The Morgan fingerprint density at radius 2 is 0.682 bits per heavy atom. The second-order valence-electron chi connectivity index (χ2n) is 15.8. The SMILES string of the molecule is CC(=O)OC[C@H]1O[C@H](O[C@H]2[C@H](OCc3ccccc3)[C@@H](OCc3ccccc3)[C@@H](OCc3ccccc3)[C@H](OCc3ccccc3)[C@@H]2OC(C)=O)[C@@H](OC(C)=O)[C@@H](OC(C)=O)[C@@H]1OC(C)=O. The van der Waals surface area contributed by atoms with E-state index in [1.54, 1.807) is 0 Å². The van der Waals surface area contributed by atoms with Crippen LogP contribution in [0.4, 0.5) is 0 Å². The maximum atomic E-state index is 13.4. The Hall–Kier alpha value is -6.01. The van der Waals surface area contributed by atoms with Crippen LogP contribution in [0, 0.1) is 0 Å². The molecule has 0 aromatic heterocycles. The van der Waals surface area contributed by atoms with Gasteiger partial charge in [-0.15, -0.1) is 0 Å². The maximum absolute atomic E-state index is 13.4. The molecule has 0 bridgehead atoms. The van der Waals surface area contributed by atoms with Crippen LogP contribution in [0.5, 0.6) is 0 Å². The molecule has 1 saturated carbocycles. The van der Waals surface area contributed by atoms with E-state index in [2.05, 4.69) is 0 Å². The third kappa shape index (κ3) is 14.2. The third-order valence-electron chi connectivity index (χ3n) is 10.6. The van der Waals surface area contributed by atoms with Crippen molar-refractivity contribution in [3.05, 3.63) is 144 Å². The smallest absolute Gasteiger partial charge is 0.303 e. The minimum Gasteiger partial charge on any atom is -0.463 e. The van der Waals surface area contributed by atoms with Crippen molar-refractivity contribution < 1.29 is 76.1 Å². The quantitative estimate of drug-likeness (QED) is 0.0771. The Morgan fingerprint density at radius 3 is 1.03 bits per heavy atom. The largest absolute Gasteiger partial charge is 0.463 e. The Kier molecular flexibility index (Phi) is 18.3. The fraction of sp³-hybridized carbons (Fsp3) is 0.420. The second-order valence-corrected chi connectivity index (χ2v) is 15.8. The maximum Gasteiger partial charge on any atom is 0.303 e. The van der Waals surface area contributed by atoms with Crippen LogP contribution in [0.25, 0.3) is 0 Å². The van der Waals surface area contributed by atoms with Crippen LogP contribution in [0.3, 0.4) is 0 Å². The minimum atomic E-state index is -1.71. The number of carbonyl (C=O) groups is 5. The highest BCUT2D eigenvalue weighted by atomic mass is 16.8. The van der Waals surface area contributed by atoms with Gasteiger partial charge in [-0.2, -0.15) is 0 Å². The Labute approximate surface area is 383 Å². The summed E-state index contributed by atoms with van der Waals surface area (Å²) in [4.78, 5) is 63.7. The average Bonchev–Trinajstić information content (AvgIpc) is 3.29. The van der Waals surface area contributed by atoms with E-state index in [4.69, 9.17) is 52.1 Å². The molecule has 1 saturated heterocycles. The first-order valence-electron chi connectivity index (χ1n) is 21.6. The number of benzene rings is 4. The Morgan fingerprint density at radius 1 is 0.379 bits per heavy atom. The topological polar surface area (TPSA) is 187 Å². The molecule has 0 N–H and O–H groups in total. The summed E-state index contributed by atoms with van der Waals surface area (Å²) in [6, 6.07) is 37.6. The summed E-state index contributed by atoms with van der Waals surface area (Å²) in [6.07, 6.45) is -14.9. The van der Waals surface area contributed by atoms with Crippen molar-refractivity contribution in [3.63, 3.8) is 0 Å². The van der Waals surface area contributed by atoms with Crippen LogP contribution >= 0.6 is 0 Å². The van der Waals surface area contributed by atoms with Crippen LogP contribution < -0.4 is 0 Å². The summed E-state index contributed by atoms with van der Waals surface area (Å²) >= 11 is 0. The lowest BCUT2D eigenvalue weighted by Gasteiger charge is -2.51. The van der Waals surface area contributed by atoms with Crippen molar-refractivity contribution in [2.24, 2.45) is 0 Å². The van der Waals surface area contributed by atoms with Crippen molar-refractivity contribution in [1.29, 1.82) is 0 Å². The van der Waals surface area contributed by atoms with Gasteiger partial charge in [0.15, 0.2) is 30.7 Å². The van der Waals surface area contributed by atoms with Gasteiger partial charge in [-0.1, -0.05) is 121 Å². The van der Waals surface area contributed by atoms with E-state index in [0.717, 1.165) is 43.0 Å². The van der Waals surface area contributed by atoms with Crippen LogP contribution in [0.1, 0.15) is 56.9 Å². The number of rotatable bonds is 20. The van der Waals surface area contributed by atoms with Gasteiger partial charge in [0.05, 0.1) is 26.4 Å². The molecule has 4 aromatic carbocycles. The van der Waals surface area contributed by atoms with Crippen LogP contribution in [-0.2, 0) is 103 Å². The summed E-state index contributed by atoms with van der Waals surface area (Å²) < 4.78 is 69.4. The number of hydrogen-bond donors (Lipinski definition) is 0. The molecule has 1 heterocycles. The molecule has 0 spiro atoms. The van der Waals surface area contributed by atoms with E-state index in [0.29, 0.717) is 0 Å². The molecule has 0 radical (unpaired) electrons. The van der Waals surface area contributed by atoms with Crippen LogP contribution in [-0.4, -0.2) is 104 Å². The van der Waals surface area contributed by atoms with Crippen molar-refractivity contribution in [1.82, 2.24) is 0 Å². The van der Waals surface area contributed by atoms with E-state index >= 15 is 0 Å². The van der Waals surface area contributed by atoms with Crippen molar-refractivity contribution in [2.45, 2.75) is 128 Å². The molecule has 352 valence electrons. The highest BCUT2D eigenvalue weighted by Crippen LogP contribution is 2.39. The number of ether oxygens (including phenoxy) is 11. The predicted octanol–water partition coefficient (Wildman–Crippen LogP) is 5.74. The monoisotopic (exact) mass is 912 g/mol. The van der Waals surface area contributed by atoms with E-state index in [1.165, 1.54) is 13.8 Å². The molecule has 0 unspecified atom stereocenters. The number of carbonyl (C=O) groups excluding carboxylic acids is 5. The van der Waals surface area contributed by atoms with Gasteiger partial charge in [-0.3, -0.25) is 24.0 Å². The molecule has 2 fully saturated rings. The van der Waals surface area contributed by atoms with Gasteiger partial charge < -0.3 is 52.1 Å². The molecule has 66 heavy (non-hydrogen) atoms. The van der Waals surface area contributed by atoms with Gasteiger partial charge in [0.25, 0.3) is 0 Å². The summed E-state index contributed by atoms with van der Waals surface area (Å²) in [7, 11) is 0. The summed E-state index contributed by atoms with van der Waals surface area (Å²) in [5.74, 6) is -3.88. The van der Waals surface area contributed by atoms with E-state index in [9.17, 15) is 24.0 Å². The first kappa shape index (κ1) is 49.4. The second kappa shape index (κ2) is 24.5. The molecule has 2 aliphatic rings. The van der Waals surface area contributed by atoms with Gasteiger partial charge in [0, 0.05) is 34.6 Å². The zero-order valence-electron chi connectivity index (χ0n) is 37.5. The Balaban J connectivity index is 1.52. The zero-order chi connectivity index (χ0) is 47.0. The highest BCUT2D eigenvalue weighted by Gasteiger charge is 2.60. The van der Waals surface area contributed by atoms with E-state index in [1.807, 2.05) is 121 Å². The van der Waals surface area contributed by atoms with Gasteiger partial charge in [-0.25, -0.2) is 0 Å². The molecule has 0 amide bonds. The van der Waals surface area contributed by atoms with Gasteiger partial charge in [-0.05, 0) is 22.3 Å². The summed E-state index contributed by atoms with van der Waals surface area (Å²) in [5, 5.41) is 0. The molecule has 1 aliphatic heterocycles. The van der Waals surface area contributed by atoms with E-state index < -0.39 is 104 Å². The first-order chi connectivity index (χ1) is 31.9. The normalized spacial score (nSPS) is 26.0. The van der Waals surface area contributed by atoms with E-state index in [-0.39, 0.29) is 26.4 Å². The molecule has 16 nitrogen and oxygen atoms in total. The number of hydrogen-bond acceptors (Lipinski definition) is 16. The van der Waals surface area contributed by atoms with Gasteiger partial charge in [0.1, 0.15) is 43.2 Å². The molecular weight excluding hydrogens is 857 g/mol. The highest BCUT2D eigenvalue weighted by molar-refractivity contribution is 5.69. The molecule has 6 rings (SSSR count). The lowest BCUT2D eigenvalue weighted by atomic mass is 9.83. The summed E-state index contributed by atoms with van der Waals surface area (Å²) in [5.41, 5.74) is 3.23. The number of esters is 5. The van der Waals surface area contributed by atoms with Crippen molar-refractivity contribution >= 4 is 29.8 Å². The van der Waals surface area contributed by atoms with Crippen molar-refractivity contribution in [3.8, 4) is 0 Å². The molecule has 4 aromatic rings. The first-order valence-corrected chi connectivity index (χ1v) is 21.6. The fourth-order valence-electron chi connectivity index (χ4n) is 7.88. The molecule has 1 aliphatic carbocycles.